The predicted octanol–water partition coefficient (Wildman–Crippen LogP) is 2.83. The van der Waals surface area contributed by atoms with Crippen molar-refractivity contribution < 1.29 is 1.37 Å². The van der Waals surface area contributed by atoms with Crippen molar-refractivity contribution in [3.63, 3.8) is 0 Å². The van der Waals surface area contributed by atoms with E-state index in [0.29, 0.717) is 6.40 Å². The molecule has 0 spiro atoms. The van der Waals surface area contributed by atoms with Gasteiger partial charge < -0.3 is 0 Å². The Kier molecular flexibility index (Phi) is 0.852. The smallest absolute Gasteiger partial charge is 0.0272 e. The molecule has 0 nitrogen and oxygen atoms in total. The monoisotopic (exact) mass is 137 g/mol. The second-order valence-corrected chi connectivity index (χ2v) is 4.62. The van der Waals surface area contributed by atoms with E-state index in [4.69, 9.17) is 1.37 Å². The summed E-state index contributed by atoms with van der Waals surface area (Å²) in [4.78, 5) is 0. The predicted molar refractivity (Wildman–Crippen MR) is 41.7 cm³/mol. The standard InChI is InChI=1S/C10H16/c1-7-2-9-4-8(1)5-10(3-7)6-9/h7-10H,1-6H2/i1D. The summed E-state index contributed by atoms with van der Waals surface area (Å²) in [5.41, 5.74) is 0. The Hall–Kier alpha value is 0. The SMILES string of the molecule is [2H]C1C2CC3CC(C2)CC1C3. The topological polar surface area (TPSA) is 0 Å². The molecule has 0 radical (unpaired) electrons. The van der Waals surface area contributed by atoms with Gasteiger partial charge in [-0.05, 0) is 62.2 Å². The zero-order valence-corrected chi connectivity index (χ0v) is 6.42. The molecule has 0 heterocycles. The first-order valence-corrected chi connectivity index (χ1v) is 4.75. The van der Waals surface area contributed by atoms with Crippen molar-refractivity contribution in [3.8, 4) is 0 Å². The largest absolute Gasteiger partial charge is 0.0475 e. The molecule has 0 amide bonds. The van der Waals surface area contributed by atoms with Gasteiger partial charge >= 0.3 is 0 Å². The molecule has 0 heteroatoms. The summed E-state index contributed by atoms with van der Waals surface area (Å²) in [6.45, 7) is 0. The summed E-state index contributed by atoms with van der Waals surface area (Å²) in [7, 11) is 0. The quantitative estimate of drug-likeness (QED) is 0.481. The summed E-state index contributed by atoms with van der Waals surface area (Å²) in [5.74, 6) is 3.70. The third-order valence-corrected chi connectivity index (χ3v) is 3.76. The van der Waals surface area contributed by atoms with E-state index in [-0.39, 0.29) is 0 Å². The lowest BCUT2D eigenvalue weighted by Crippen LogP contribution is -2.38. The van der Waals surface area contributed by atoms with Crippen LogP contribution in [0.1, 0.15) is 39.9 Å². The Balaban J connectivity index is 1.91. The normalized spacial score (nSPS) is 66.4. The van der Waals surface area contributed by atoms with Gasteiger partial charge in [-0.3, -0.25) is 0 Å². The van der Waals surface area contributed by atoms with Crippen LogP contribution < -0.4 is 0 Å². The van der Waals surface area contributed by atoms with Gasteiger partial charge in [0, 0.05) is 1.37 Å². The van der Waals surface area contributed by atoms with Gasteiger partial charge in [0.2, 0.25) is 0 Å². The van der Waals surface area contributed by atoms with Crippen LogP contribution in [0.25, 0.3) is 0 Å². The minimum absolute atomic E-state index is 0.336. The van der Waals surface area contributed by atoms with Crippen molar-refractivity contribution in [2.24, 2.45) is 23.7 Å². The van der Waals surface area contributed by atoms with Crippen LogP contribution in [0, 0.1) is 23.7 Å². The van der Waals surface area contributed by atoms with Crippen molar-refractivity contribution in [1.29, 1.82) is 0 Å². The van der Waals surface area contributed by atoms with E-state index in [0.717, 1.165) is 23.7 Å². The van der Waals surface area contributed by atoms with E-state index >= 15 is 0 Å². The third kappa shape index (κ3) is 0.681. The van der Waals surface area contributed by atoms with E-state index in [1.54, 1.807) is 0 Å². The Morgan fingerprint density at radius 3 is 1.60 bits per heavy atom. The van der Waals surface area contributed by atoms with Crippen molar-refractivity contribution in [1.82, 2.24) is 0 Å². The van der Waals surface area contributed by atoms with Gasteiger partial charge in [0.25, 0.3) is 0 Å². The molecule has 4 rings (SSSR count). The highest BCUT2D eigenvalue weighted by Gasteiger charge is 2.41. The van der Waals surface area contributed by atoms with E-state index < -0.39 is 0 Å². The van der Waals surface area contributed by atoms with Gasteiger partial charge in [-0.2, -0.15) is 0 Å². The minimum atomic E-state index is 0.336. The second kappa shape index (κ2) is 1.78. The lowest BCUT2D eigenvalue weighted by atomic mass is 9.56. The maximum absolute atomic E-state index is 8.00. The number of rotatable bonds is 0. The molecule has 4 aliphatic carbocycles. The van der Waals surface area contributed by atoms with Crippen molar-refractivity contribution in [3.05, 3.63) is 0 Å². The highest BCUT2D eigenvalue weighted by atomic mass is 14.5. The first-order valence-electron chi connectivity index (χ1n) is 5.33. The maximum Gasteiger partial charge on any atom is 0.0272 e. The molecule has 0 saturated heterocycles. The van der Waals surface area contributed by atoms with E-state index in [2.05, 4.69) is 0 Å². The Bertz CT molecular complexity index is 148. The van der Waals surface area contributed by atoms with Gasteiger partial charge in [0.1, 0.15) is 0 Å². The number of hydrogen-bond donors (Lipinski definition) is 0. The summed E-state index contributed by atoms with van der Waals surface area (Å²) in [6, 6.07) is 0. The summed E-state index contributed by atoms with van der Waals surface area (Å²) in [5, 5.41) is 0. The zero-order chi connectivity index (χ0) is 7.42. The summed E-state index contributed by atoms with van der Waals surface area (Å²) < 4.78 is 8.00. The maximum atomic E-state index is 8.00. The molecule has 4 fully saturated rings. The molecule has 4 aliphatic rings. The van der Waals surface area contributed by atoms with Gasteiger partial charge in [0.05, 0.1) is 0 Å². The van der Waals surface area contributed by atoms with E-state index in [9.17, 15) is 0 Å². The molecular formula is C10H16. The summed E-state index contributed by atoms with van der Waals surface area (Å²) >= 11 is 0. The second-order valence-electron chi connectivity index (χ2n) is 4.62. The Morgan fingerprint density at radius 2 is 1.10 bits per heavy atom. The van der Waals surface area contributed by atoms with Crippen LogP contribution in [-0.2, 0) is 0 Å². The van der Waals surface area contributed by atoms with Gasteiger partial charge in [0.15, 0.2) is 0 Å². The van der Waals surface area contributed by atoms with Crippen LogP contribution >= 0.6 is 0 Å². The zero-order valence-electron chi connectivity index (χ0n) is 7.42. The van der Waals surface area contributed by atoms with Gasteiger partial charge in [-0.25, -0.2) is 0 Å². The summed E-state index contributed by atoms with van der Waals surface area (Å²) in [6.07, 6.45) is 7.47. The third-order valence-electron chi connectivity index (χ3n) is 3.76. The molecule has 0 aliphatic heterocycles. The molecule has 56 valence electrons. The minimum Gasteiger partial charge on any atom is -0.0475 e. The van der Waals surface area contributed by atoms with Crippen LogP contribution in [0.3, 0.4) is 0 Å². The van der Waals surface area contributed by atoms with Crippen LogP contribution in [0.4, 0.5) is 0 Å². The van der Waals surface area contributed by atoms with Crippen LogP contribution in [0.2, 0.25) is 0 Å². The van der Waals surface area contributed by atoms with E-state index in [1.807, 2.05) is 0 Å². The van der Waals surface area contributed by atoms with Crippen LogP contribution in [0.15, 0.2) is 0 Å². The fourth-order valence-corrected chi connectivity index (χ4v) is 3.65. The van der Waals surface area contributed by atoms with Crippen molar-refractivity contribution >= 4 is 0 Å². The fraction of sp³-hybridized carbons (Fsp3) is 1.00. The van der Waals surface area contributed by atoms with Gasteiger partial charge in [-0.15, -0.1) is 0 Å². The molecule has 4 saturated carbocycles. The highest BCUT2D eigenvalue weighted by Crippen LogP contribution is 2.53. The average molecular weight is 137 g/mol. The molecule has 10 heavy (non-hydrogen) atoms. The first kappa shape index (κ1) is 4.79. The fourth-order valence-electron chi connectivity index (χ4n) is 3.65. The molecule has 0 atom stereocenters. The molecule has 0 N–H and O–H groups in total. The molecule has 0 aromatic rings. The molecule has 0 unspecified atom stereocenters. The molecule has 0 aromatic carbocycles. The van der Waals surface area contributed by atoms with Gasteiger partial charge in [-0.1, -0.05) is 0 Å². The molecular weight excluding hydrogens is 120 g/mol. The molecule has 0 aromatic heterocycles. The Morgan fingerprint density at radius 1 is 0.700 bits per heavy atom. The number of hydrogen-bond acceptors (Lipinski definition) is 0. The van der Waals surface area contributed by atoms with Crippen molar-refractivity contribution in [2.45, 2.75) is 38.5 Å². The van der Waals surface area contributed by atoms with Crippen LogP contribution in [-0.4, -0.2) is 0 Å². The van der Waals surface area contributed by atoms with E-state index in [1.165, 1.54) is 32.1 Å². The lowest BCUT2D eigenvalue weighted by molar-refractivity contribution is 0.0198. The Labute approximate surface area is 64.4 Å². The first-order chi connectivity index (χ1) is 5.33. The molecule has 4 bridgehead atoms. The lowest BCUT2D eigenvalue weighted by Gasteiger charge is -2.49. The van der Waals surface area contributed by atoms with Crippen molar-refractivity contribution in [2.75, 3.05) is 0 Å². The van der Waals surface area contributed by atoms with Crippen LogP contribution in [0.5, 0.6) is 0 Å². The average Bonchev–Trinajstić information content (AvgIpc) is 1.98. The highest BCUT2D eigenvalue weighted by molar-refractivity contribution is 4.92.